The van der Waals surface area contributed by atoms with Crippen molar-refractivity contribution in [2.45, 2.75) is 45.1 Å². The minimum absolute atomic E-state index is 0.147. The second kappa shape index (κ2) is 2.84. The number of aromatic nitrogens is 2. The maximum absolute atomic E-state index is 5.97. The third-order valence-electron chi connectivity index (χ3n) is 2.52. The van der Waals surface area contributed by atoms with Crippen LogP contribution in [0.1, 0.15) is 37.2 Å². The zero-order valence-corrected chi connectivity index (χ0v) is 8.35. The Bertz CT molecular complexity index is 306. The standard InChI is InChI=1S/C10H17N3/c1-10(2,11)6-9-7-4-3-5-8(7)12-13-9/h3-6,11H2,1-2H3,(H,12,13). The van der Waals surface area contributed by atoms with Gasteiger partial charge in [0, 0.05) is 17.7 Å². The molecule has 1 heterocycles. The van der Waals surface area contributed by atoms with Crippen LogP contribution in [-0.2, 0) is 19.3 Å². The van der Waals surface area contributed by atoms with Crippen LogP contribution in [-0.4, -0.2) is 15.7 Å². The zero-order chi connectivity index (χ0) is 9.47. The molecule has 1 aromatic rings. The van der Waals surface area contributed by atoms with Crippen LogP contribution in [0, 0.1) is 0 Å². The fourth-order valence-corrected chi connectivity index (χ4v) is 1.97. The molecule has 0 amide bonds. The van der Waals surface area contributed by atoms with E-state index < -0.39 is 0 Å². The highest BCUT2D eigenvalue weighted by atomic mass is 15.1. The number of nitrogens with one attached hydrogen (secondary N) is 1. The molecular weight excluding hydrogens is 162 g/mol. The highest BCUT2D eigenvalue weighted by Gasteiger charge is 2.22. The van der Waals surface area contributed by atoms with Gasteiger partial charge in [0.1, 0.15) is 0 Å². The van der Waals surface area contributed by atoms with Gasteiger partial charge in [0.2, 0.25) is 0 Å². The molecule has 1 aliphatic rings. The minimum Gasteiger partial charge on any atom is -0.325 e. The minimum atomic E-state index is -0.147. The van der Waals surface area contributed by atoms with E-state index in [9.17, 15) is 0 Å². The number of aryl methyl sites for hydroxylation is 1. The van der Waals surface area contributed by atoms with Crippen LogP contribution in [0.25, 0.3) is 0 Å². The highest BCUT2D eigenvalue weighted by Crippen LogP contribution is 2.24. The predicted molar refractivity (Wildman–Crippen MR) is 52.6 cm³/mol. The number of nitrogens with two attached hydrogens (primary N) is 1. The largest absolute Gasteiger partial charge is 0.325 e. The highest BCUT2D eigenvalue weighted by molar-refractivity contribution is 5.30. The first kappa shape index (κ1) is 8.75. The van der Waals surface area contributed by atoms with Crippen molar-refractivity contribution < 1.29 is 0 Å². The fraction of sp³-hybridized carbons (Fsp3) is 0.700. The first-order valence-corrected chi connectivity index (χ1v) is 4.90. The van der Waals surface area contributed by atoms with Crippen LogP contribution < -0.4 is 5.73 Å². The van der Waals surface area contributed by atoms with Gasteiger partial charge in [0.15, 0.2) is 0 Å². The van der Waals surface area contributed by atoms with Crippen molar-refractivity contribution in [2.24, 2.45) is 5.73 Å². The van der Waals surface area contributed by atoms with E-state index >= 15 is 0 Å². The van der Waals surface area contributed by atoms with Gasteiger partial charge in [-0.25, -0.2) is 0 Å². The molecule has 3 nitrogen and oxygen atoms in total. The molecular formula is C10H17N3. The first-order valence-electron chi connectivity index (χ1n) is 4.90. The second-order valence-corrected chi connectivity index (χ2v) is 4.65. The number of hydrogen-bond donors (Lipinski definition) is 2. The predicted octanol–water partition coefficient (Wildman–Crippen LogP) is 1.18. The lowest BCUT2D eigenvalue weighted by molar-refractivity contribution is 0.507. The Balaban J connectivity index is 2.22. The number of hydrogen-bond acceptors (Lipinski definition) is 2. The summed E-state index contributed by atoms with van der Waals surface area (Å²) in [6.45, 7) is 4.09. The molecule has 0 saturated heterocycles. The molecule has 0 radical (unpaired) electrons. The number of aromatic amines is 1. The van der Waals surface area contributed by atoms with Gasteiger partial charge in [0.25, 0.3) is 0 Å². The van der Waals surface area contributed by atoms with E-state index in [0.717, 1.165) is 12.8 Å². The summed E-state index contributed by atoms with van der Waals surface area (Å²) in [6.07, 6.45) is 4.48. The van der Waals surface area contributed by atoms with E-state index in [4.69, 9.17) is 5.73 Å². The molecule has 72 valence electrons. The van der Waals surface area contributed by atoms with Gasteiger partial charge >= 0.3 is 0 Å². The molecule has 1 aromatic heterocycles. The summed E-state index contributed by atoms with van der Waals surface area (Å²) >= 11 is 0. The topological polar surface area (TPSA) is 54.7 Å². The quantitative estimate of drug-likeness (QED) is 0.716. The molecule has 0 atom stereocenters. The first-order chi connectivity index (χ1) is 6.06. The lowest BCUT2D eigenvalue weighted by Crippen LogP contribution is -2.34. The Labute approximate surface area is 78.7 Å². The molecule has 0 fully saturated rings. The van der Waals surface area contributed by atoms with Gasteiger partial charge in [0.05, 0.1) is 5.69 Å². The fourth-order valence-electron chi connectivity index (χ4n) is 1.97. The lowest BCUT2D eigenvalue weighted by atomic mass is 9.97. The SMILES string of the molecule is CC(C)(N)Cc1n[nH]c2c1CCC2. The van der Waals surface area contributed by atoms with Crippen molar-refractivity contribution in [3.8, 4) is 0 Å². The van der Waals surface area contributed by atoms with Crippen LogP contribution in [0.5, 0.6) is 0 Å². The summed E-state index contributed by atoms with van der Waals surface area (Å²) in [4.78, 5) is 0. The molecule has 2 rings (SSSR count). The van der Waals surface area contributed by atoms with E-state index in [1.807, 2.05) is 13.8 Å². The third kappa shape index (κ3) is 1.75. The molecule has 0 aromatic carbocycles. The number of rotatable bonds is 2. The lowest BCUT2D eigenvalue weighted by Gasteiger charge is -2.17. The van der Waals surface area contributed by atoms with Crippen molar-refractivity contribution in [3.05, 3.63) is 17.0 Å². The van der Waals surface area contributed by atoms with Crippen molar-refractivity contribution in [1.29, 1.82) is 0 Å². The Morgan fingerprint density at radius 3 is 2.92 bits per heavy atom. The van der Waals surface area contributed by atoms with Crippen molar-refractivity contribution in [2.75, 3.05) is 0 Å². The van der Waals surface area contributed by atoms with Gasteiger partial charge in [-0.3, -0.25) is 5.10 Å². The van der Waals surface area contributed by atoms with Crippen molar-refractivity contribution in [3.63, 3.8) is 0 Å². The van der Waals surface area contributed by atoms with Gasteiger partial charge < -0.3 is 5.73 Å². The summed E-state index contributed by atoms with van der Waals surface area (Å²) < 4.78 is 0. The molecule has 0 saturated carbocycles. The number of fused-ring (bicyclic) bond motifs is 1. The summed E-state index contributed by atoms with van der Waals surface area (Å²) in [5, 5.41) is 7.42. The molecule has 3 heteroatoms. The smallest absolute Gasteiger partial charge is 0.0675 e. The third-order valence-corrected chi connectivity index (χ3v) is 2.52. The molecule has 1 aliphatic carbocycles. The van der Waals surface area contributed by atoms with E-state index in [1.165, 1.54) is 29.8 Å². The number of H-pyrrole nitrogens is 1. The van der Waals surface area contributed by atoms with E-state index in [2.05, 4.69) is 10.2 Å². The summed E-state index contributed by atoms with van der Waals surface area (Å²) in [5.74, 6) is 0. The van der Waals surface area contributed by atoms with Gasteiger partial charge in [-0.05, 0) is 38.7 Å². The number of nitrogens with zero attached hydrogens (tertiary/aromatic N) is 1. The molecule has 0 bridgehead atoms. The maximum atomic E-state index is 5.97. The second-order valence-electron chi connectivity index (χ2n) is 4.65. The average molecular weight is 179 g/mol. The normalized spacial score (nSPS) is 16.2. The van der Waals surface area contributed by atoms with Crippen LogP contribution in [0.2, 0.25) is 0 Å². The Morgan fingerprint density at radius 2 is 2.23 bits per heavy atom. The van der Waals surface area contributed by atoms with E-state index in [0.29, 0.717) is 0 Å². The monoisotopic (exact) mass is 179 g/mol. The van der Waals surface area contributed by atoms with Crippen LogP contribution >= 0.6 is 0 Å². The van der Waals surface area contributed by atoms with Crippen molar-refractivity contribution >= 4 is 0 Å². The average Bonchev–Trinajstić information content (AvgIpc) is 2.50. The Kier molecular flexibility index (Phi) is 1.91. The van der Waals surface area contributed by atoms with Gasteiger partial charge in [-0.2, -0.15) is 5.10 Å². The Hall–Kier alpha value is -0.830. The van der Waals surface area contributed by atoms with Crippen molar-refractivity contribution in [1.82, 2.24) is 10.2 Å². The molecule has 3 N–H and O–H groups in total. The summed E-state index contributed by atoms with van der Waals surface area (Å²) in [7, 11) is 0. The van der Waals surface area contributed by atoms with Crippen LogP contribution in [0.15, 0.2) is 0 Å². The summed E-state index contributed by atoms with van der Waals surface area (Å²) in [6, 6.07) is 0. The molecule has 0 spiro atoms. The summed E-state index contributed by atoms with van der Waals surface area (Å²) in [5.41, 5.74) is 9.76. The van der Waals surface area contributed by atoms with Crippen LogP contribution in [0.4, 0.5) is 0 Å². The van der Waals surface area contributed by atoms with Gasteiger partial charge in [-0.1, -0.05) is 0 Å². The van der Waals surface area contributed by atoms with E-state index in [-0.39, 0.29) is 5.54 Å². The Morgan fingerprint density at radius 1 is 1.46 bits per heavy atom. The zero-order valence-electron chi connectivity index (χ0n) is 8.35. The van der Waals surface area contributed by atoms with E-state index in [1.54, 1.807) is 0 Å². The maximum Gasteiger partial charge on any atom is 0.0675 e. The molecule has 0 unspecified atom stereocenters. The van der Waals surface area contributed by atoms with Gasteiger partial charge in [-0.15, -0.1) is 0 Å². The van der Waals surface area contributed by atoms with Crippen LogP contribution in [0.3, 0.4) is 0 Å². The molecule has 13 heavy (non-hydrogen) atoms. The molecule has 0 aliphatic heterocycles.